The molecule has 0 heterocycles. The van der Waals surface area contributed by atoms with Gasteiger partial charge in [-0.2, -0.15) is 0 Å². The molecule has 19 nitrogen and oxygen atoms in total. The molecule has 7 atom stereocenters. The van der Waals surface area contributed by atoms with Crippen molar-refractivity contribution >= 4 is 47.3 Å². The van der Waals surface area contributed by atoms with Crippen LogP contribution >= 0.6 is 0 Å². The molecule has 280 valence electrons. The minimum atomic E-state index is -1.44. The van der Waals surface area contributed by atoms with E-state index >= 15 is 0 Å². The number of nitrogens with zero attached hydrogens (tertiary/aromatic N) is 1. The van der Waals surface area contributed by atoms with Gasteiger partial charge >= 0.3 is 0 Å². The van der Waals surface area contributed by atoms with E-state index in [1.165, 1.54) is 13.8 Å². The van der Waals surface area contributed by atoms with Gasteiger partial charge in [-0.3, -0.25) is 38.6 Å². The molecule has 19 heteroatoms. The van der Waals surface area contributed by atoms with E-state index in [1.54, 1.807) is 41.5 Å². The molecule has 0 radical (unpaired) electrons. The molecule has 0 spiro atoms. The van der Waals surface area contributed by atoms with Gasteiger partial charge in [0.1, 0.15) is 36.3 Å². The molecule has 49 heavy (non-hydrogen) atoms. The third-order valence-corrected chi connectivity index (χ3v) is 7.28. The molecule has 7 unspecified atom stereocenters. The van der Waals surface area contributed by atoms with Crippen molar-refractivity contribution in [1.82, 2.24) is 31.9 Å². The fourth-order valence-electron chi connectivity index (χ4n) is 4.50. The van der Waals surface area contributed by atoms with E-state index in [-0.39, 0.29) is 25.3 Å². The normalized spacial score (nSPS) is 15.4. The predicted octanol–water partition coefficient (Wildman–Crippen LogP) is -4.20. The van der Waals surface area contributed by atoms with Crippen LogP contribution in [0.2, 0.25) is 0 Å². The molecule has 0 bridgehead atoms. The highest BCUT2D eigenvalue weighted by Crippen LogP contribution is 2.11. The average molecular weight is 701 g/mol. The number of aliphatic hydroxyl groups is 2. The number of nitrogens with two attached hydrogens (primary N) is 3. The molecule has 0 aliphatic carbocycles. The van der Waals surface area contributed by atoms with Crippen molar-refractivity contribution in [3.05, 3.63) is 0 Å². The first-order chi connectivity index (χ1) is 22.6. The number of hydrogen-bond donors (Lipinski definition) is 11. The van der Waals surface area contributed by atoms with Crippen molar-refractivity contribution in [3.8, 4) is 0 Å². The molecule has 14 N–H and O–H groups in total. The number of amides is 7. The minimum absolute atomic E-state index is 0.00443. The number of aliphatic hydroxyl groups excluding tert-OH is 2. The van der Waals surface area contributed by atoms with Crippen LogP contribution in [-0.2, 0) is 33.6 Å². The number of hydrogen-bond acceptors (Lipinski definition) is 10. The Hall–Kier alpha value is -4.52. The van der Waals surface area contributed by atoms with Crippen LogP contribution in [0.4, 0.5) is 0 Å². The second kappa shape index (κ2) is 21.5. The fraction of sp³-hybridized carbons (Fsp3) is 0.733. The quantitative estimate of drug-likeness (QED) is 0.0310. The first kappa shape index (κ1) is 44.5. The predicted molar refractivity (Wildman–Crippen MR) is 180 cm³/mol. The summed E-state index contributed by atoms with van der Waals surface area (Å²) in [6.07, 6.45) is -1.10. The lowest BCUT2D eigenvalue weighted by atomic mass is 9.97. The number of rotatable bonds is 21. The average Bonchev–Trinajstić information content (AvgIpc) is 2.98. The zero-order valence-corrected chi connectivity index (χ0v) is 29.5. The van der Waals surface area contributed by atoms with E-state index in [0.29, 0.717) is 0 Å². The van der Waals surface area contributed by atoms with Crippen LogP contribution in [0.5, 0.6) is 0 Å². The van der Waals surface area contributed by atoms with Gasteiger partial charge in [-0.15, -0.1) is 0 Å². The van der Waals surface area contributed by atoms with Crippen molar-refractivity contribution in [2.45, 2.75) is 111 Å². The summed E-state index contributed by atoms with van der Waals surface area (Å²) in [6, 6.07) is -7.53. The van der Waals surface area contributed by atoms with Gasteiger partial charge in [0.15, 0.2) is 5.96 Å². The summed E-state index contributed by atoms with van der Waals surface area (Å²) in [7, 11) is 0. The first-order valence-corrected chi connectivity index (χ1v) is 16.1. The Bertz CT molecular complexity index is 1190. The molecule has 0 saturated carbocycles. The highest BCUT2D eigenvalue weighted by atomic mass is 16.3. The standard InChI is InChI=1S/C30H56N10O9/c1-13(2)20(27(47)36-18(10-9-11-34-30(32)33)25(45)40-23(16(7)42)24(31)44)38-29(49)22(15(5)6)39-28(48)21(14(3)4)37-26(46)19(12-41)35-17(8)43/h13-16,18-23,41-42H,9-12H2,1-8H3,(H2,31,44)(H,35,43)(H,36,47)(H,37,46)(H,38,49)(H,39,48)(H,40,45)(H4,32,33,34). The summed E-state index contributed by atoms with van der Waals surface area (Å²) in [5.74, 6) is -7.05. The topological polar surface area (TPSA) is 323 Å². The minimum Gasteiger partial charge on any atom is -0.394 e. The van der Waals surface area contributed by atoms with E-state index in [2.05, 4.69) is 36.9 Å². The second-order valence-corrected chi connectivity index (χ2v) is 12.8. The van der Waals surface area contributed by atoms with Crippen LogP contribution in [0.3, 0.4) is 0 Å². The molecule has 0 aromatic heterocycles. The molecule has 0 aliphatic rings. The van der Waals surface area contributed by atoms with Crippen molar-refractivity contribution in [3.63, 3.8) is 0 Å². The Kier molecular flexibility index (Phi) is 19.5. The number of carbonyl (C=O) groups is 7. The molecule has 0 fully saturated rings. The summed E-state index contributed by atoms with van der Waals surface area (Å²) in [4.78, 5) is 93.3. The third kappa shape index (κ3) is 16.0. The molecular formula is C30H56N10O9. The van der Waals surface area contributed by atoms with E-state index < -0.39 is 108 Å². The molecule has 0 rings (SSSR count). The van der Waals surface area contributed by atoms with Crippen molar-refractivity contribution in [2.75, 3.05) is 13.2 Å². The van der Waals surface area contributed by atoms with Gasteiger partial charge in [-0.25, -0.2) is 0 Å². The lowest BCUT2D eigenvalue weighted by molar-refractivity contribution is -0.137. The molecule has 0 saturated heterocycles. The molecule has 7 amide bonds. The van der Waals surface area contributed by atoms with Gasteiger partial charge < -0.3 is 59.3 Å². The summed E-state index contributed by atoms with van der Waals surface area (Å²) in [5, 5.41) is 34.3. The summed E-state index contributed by atoms with van der Waals surface area (Å²) in [6.45, 7) is 11.7. The smallest absolute Gasteiger partial charge is 0.245 e. The maximum atomic E-state index is 13.5. The van der Waals surface area contributed by atoms with Crippen LogP contribution in [-0.4, -0.2) is 113 Å². The van der Waals surface area contributed by atoms with Crippen molar-refractivity contribution in [2.24, 2.45) is 39.9 Å². The number of aliphatic imine (C=N–C) groups is 1. The Morgan fingerprint density at radius 1 is 0.592 bits per heavy atom. The summed E-state index contributed by atoms with van der Waals surface area (Å²) < 4.78 is 0. The molecule has 0 aromatic carbocycles. The van der Waals surface area contributed by atoms with E-state index in [9.17, 15) is 43.8 Å². The van der Waals surface area contributed by atoms with Crippen molar-refractivity contribution < 1.29 is 43.8 Å². The highest BCUT2D eigenvalue weighted by molar-refractivity contribution is 5.97. The van der Waals surface area contributed by atoms with Crippen LogP contribution in [0, 0.1) is 17.8 Å². The SMILES string of the molecule is CC(=O)NC(CO)C(=O)NC(C(=O)NC(C(=O)NC(C(=O)NC(CCCN=C(N)N)C(=O)NC(C(N)=O)C(C)O)C(C)C)C(C)C)C(C)C. The van der Waals surface area contributed by atoms with Gasteiger partial charge in [-0.1, -0.05) is 41.5 Å². The molecule has 0 aliphatic heterocycles. The Morgan fingerprint density at radius 2 is 0.980 bits per heavy atom. The van der Waals surface area contributed by atoms with Crippen LogP contribution in [0.25, 0.3) is 0 Å². The van der Waals surface area contributed by atoms with Crippen LogP contribution in [0.1, 0.15) is 68.2 Å². The van der Waals surface area contributed by atoms with E-state index in [1.807, 2.05) is 0 Å². The van der Waals surface area contributed by atoms with Crippen LogP contribution < -0.4 is 49.1 Å². The van der Waals surface area contributed by atoms with Gasteiger partial charge in [0, 0.05) is 13.5 Å². The summed E-state index contributed by atoms with van der Waals surface area (Å²) >= 11 is 0. The Labute approximate surface area is 286 Å². The van der Waals surface area contributed by atoms with E-state index in [4.69, 9.17) is 17.2 Å². The Balaban J connectivity index is 6.05. The maximum absolute atomic E-state index is 13.5. The van der Waals surface area contributed by atoms with Gasteiger partial charge in [0.25, 0.3) is 0 Å². The monoisotopic (exact) mass is 700 g/mol. The van der Waals surface area contributed by atoms with Gasteiger partial charge in [0.2, 0.25) is 41.4 Å². The molecule has 0 aromatic rings. The largest absolute Gasteiger partial charge is 0.394 e. The highest BCUT2D eigenvalue weighted by Gasteiger charge is 2.36. The second-order valence-electron chi connectivity index (χ2n) is 12.8. The first-order valence-electron chi connectivity index (χ1n) is 16.1. The lowest BCUT2D eigenvalue weighted by Gasteiger charge is -2.30. The van der Waals surface area contributed by atoms with Gasteiger partial charge in [0.05, 0.1) is 12.7 Å². The zero-order chi connectivity index (χ0) is 38.2. The molecular weight excluding hydrogens is 644 g/mol. The number of carbonyl (C=O) groups excluding carboxylic acids is 7. The van der Waals surface area contributed by atoms with E-state index in [0.717, 1.165) is 0 Å². The van der Waals surface area contributed by atoms with Gasteiger partial charge in [-0.05, 0) is 37.5 Å². The fourth-order valence-corrected chi connectivity index (χ4v) is 4.50. The van der Waals surface area contributed by atoms with Crippen molar-refractivity contribution in [1.29, 1.82) is 0 Å². The van der Waals surface area contributed by atoms with Crippen LogP contribution in [0.15, 0.2) is 4.99 Å². The third-order valence-electron chi connectivity index (χ3n) is 7.28. The number of primary amides is 1. The lowest BCUT2D eigenvalue weighted by Crippen LogP contribution is -2.62. The zero-order valence-electron chi connectivity index (χ0n) is 29.5. The number of guanidine groups is 1. The Morgan fingerprint density at radius 3 is 1.33 bits per heavy atom. The number of nitrogens with one attached hydrogen (secondary N) is 6. The summed E-state index contributed by atoms with van der Waals surface area (Å²) in [5.41, 5.74) is 16.0. The maximum Gasteiger partial charge on any atom is 0.245 e.